The van der Waals surface area contributed by atoms with Crippen molar-refractivity contribution in [2.24, 2.45) is 0 Å². The van der Waals surface area contributed by atoms with Crippen LogP contribution in [-0.2, 0) is 6.42 Å². The first-order valence-electron chi connectivity index (χ1n) is 11.4. The summed E-state index contributed by atoms with van der Waals surface area (Å²) in [6.07, 6.45) is 2.53. The van der Waals surface area contributed by atoms with Crippen LogP contribution in [0.4, 0.5) is 0 Å². The Kier molecular flexibility index (Phi) is 4.09. The van der Waals surface area contributed by atoms with E-state index in [-0.39, 0.29) is 0 Å². The summed E-state index contributed by atoms with van der Waals surface area (Å²) in [6.45, 7) is 2.04. The lowest BCUT2D eigenvalue weighted by molar-refractivity contribution is 0.660. The van der Waals surface area contributed by atoms with Crippen LogP contribution in [0.15, 0.2) is 100.0 Å². The third-order valence-electron chi connectivity index (χ3n) is 6.44. The van der Waals surface area contributed by atoms with E-state index in [0.29, 0.717) is 0 Å². The Morgan fingerprint density at radius 3 is 2.41 bits per heavy atom. The molecule has 0 bridgehead atoms. The molecule has 0 N–H and O–H groups in total. The van der Waals surface area contributed by atoms with Crippen LogP contribution in [-0.4, -0.2) is 9.97 Å². The number of fused-ring (bicyclic) bond motifs is 6. The monoisotopic (exact) mass is 440 g/mol. The maximum Gasteiger partial charge on any atom is 0.157 e. The van der Waals surface area contributed by atoms with Gasteiger partial charge in [0.15, 0.2) is 11.2 Å². The molecular formula is C30H20N2O2. The van der Waals surface area contributed by atoms with E-state index < -0.39 is 0 Å². The third-order valence-corrected chi connectivity index (χ3v) is 6.44. The van der Waals surface area contributed by atoms with E-state index in [1.165, 1.54) is 5.56 Å². The average Bonchev–Trinajstić information content (AvgIpc) is 3.43. The highest BCUT2D eigenvalue weighted by atomic mass is 16.3. The molecule has 162 valence electrons. The van der Waals surface area contributed by atoms with Gasteiger partial charge in [0.2, 0.25) is 0 Å². The first kappa shape index (κ1) is 19.1. The van der Waals surface area contributed by atoms with Gasteiger partial charge in [0.1, 0.15) is 11.2 Å². The van der Waals surface area contributed by atoms with E-state index in [0.717, 1.165) is 72.9 Å². The fourth-order valence-corrected chi connectivity index (χ4v) is 4.89. The molecule has 4 heterocycles. The number of para-hydroxylation sites is 2. The van der Waals surface area contributed by atoms with Crippen molar-refractivity contribution in [1.82, 2.24) is 9.97 Å². The summed E-state index contributed by atoms with van der Waals surface area (Å²) in [5.41, 5.74) is 8.29. The molecule has 0 spiro atoms. The van der Waals surface area contributed by atoms with Gasteiger partial charge in [0, 0.05) is 39.2 Å². The summed E-state index contributed by atoms with van der Waals surface area (Å²) >= 11 is 0. The summed E-state index contributed by atoms with van der Waals surface area (Å²) in [6, 6.07) is 28.9. The number of hydrogen-bond donors (Lipinski definition) is 0. The minimum Gasteiger partial charge on any atom is -0.454 e. The SMILES string of the molecule is Cc1cc2c(oc3c(-c4cc5c(cn4)oc4ccccc45)cccc32)c(Cc2ccccc2)n1. The second kappa shape index (κ2) is 7.29. The van der Waals surface area contributed by atoms with Gasteiger partial charge in [-0.25, -0.2) is 0 Å². The van der Waals surface area contributed by atoms with Gasteiger partial charge in [-0.1, -0.05) is 60.7 Å². The molecule has 0 unspecified atom stereocenters. The first-order chi connectivity index (χ1) is 16.7. The second-order valence-corrected chi connectivity index (χ2v) is 8.70. The fourth-order valence-electron chi connectivity index (χ4n) is 4.89. The first-order valence-corrected chi connectivity index (χ1v) is 11.4. The Bertz CT molecular complexity index is 1840. The van der Waals surface area contributed by atoms with Gasteiger partial charge in [0.25, 0.3) is 0 Å². The minimum atomic E-state index is 0.722. The Balaban J connectivity index is 1.46. The quantitative estimate of drug-likeness (QED) is 0.281. The minimum absolute atomic E-state index is 0.722. The molecule has 0 radical (unpaired) electrons. The smallest absolute Gasteiger partial charge is 0.157 e. The van der Waals surface area contributed by atoms with Crippen molar-refractivity contribution >= 4 is 43.9 Å². The molecular weight excluding hydrogens is 420 g/mol. The molecule has 4 aromatic heterocycles. The lowest BCUT2D eigenvalue weighted by Crippen LogP contribution is -1.94. The lowest BCUT2D eigenvalue weighted by atomic mass is 10.0. The molecule has 0 aliphatic heterocycles. The van der Waals surface area contributed by atoms with Crippen LogP contribution >= 0.6 is 0 Å². The Hall–Kier alpha value is -4.44. The Morgan fingerprint density at radius 1 is 0.676 bits per heavy atom. The molecule has 4 heteroatoms. The number of furan rings is 2. The number of aromatic nitrogens is 2. The zero-order valence-corrected chi connectivity index (χ0v) is 18.6. The summed E-state index contributed by atoms with van der Waals surface area (Å²) in [7, 11) is 0. The van der Waals surface area contributed by atoms with Gasteiger partial charge in [-0.3, -0.25) is 9.97 Å². The molecule has 4 nitrogen and oxygen atoms in total. The van der Waals surface area contributed by atoms with Crippen molar-refractivity contribution in [3.63, 3.8) is 0 Å². The van der Waals surface area contributed by atoms with E-state index >= 15 is 0 Å². The maximum atomic E-state index is 6.55. The number of rotatable bonds is 3. The number of hydrogen-bond acceptors (Lipinski definition) is 4. The van der Waals surface area contributed by atoms with Crippen molar-refractivity contribution in [2.75, 3.05) is 0 Å². The molecule has 0 saturated heterocycles. The molecule has 0 fully saturated rings. The van der Waals surface area contributed by atoms with Crippen LogP contribution < -0.4 is 0 Å². The van der Waals surface area contributed by atoms with Crippen LogP contribution in [0, 0.1) is 6.92 Å². The van der Waals surface area contributed by atoms with Gasteiger partial charge in [-0.15, -0.1) is 0 Å². The van der Waals surface area contributed by atoms with E-state index in [2.05, 4.69) is 60.7 Å². The van der Waals surface area contributed by atoms with Crippen molar-refractivity contribution < 1.29 is 8.83 Å². The average molecular weight is 441 g/mol. The number of benzene rings is 3. The predicted molar refractivity (Wildman–Crippen MR) is 136 cm³/mol. The summed E-state index contributed by atoms with van der Waals surface area (Å²) < 4.78 is 12.5. The molecule has 0 amide bonds. The fraction of sp³-hybridized carbons (Fsp3) is 0.0667. The second-order valence-electron chi connectivity index (χ2n) is 8.70. The molecule has 0 saturated carbocycles. The van der Waals surface area contributed by atoms with Gasteiger partial charge in [-0.2, -0.15) is 0 Å². The van der Waals surface area contributed by atoms with E-state index in [1.54, 1.807) is 6.20 Å². The molecule has 7 rings (SSSR count). The molecule has 34 heavy (non-hydrogen) atoms. The van der Waals surface area contributed by atoms with Gasteiger partial charge >= 0.3 is 0 Å². The van der Waals surface area contributed by atoms with E-state index in [4.69, 9.17) is 18.8 Å². The summed E-state index contributed by atoms with van der Waals surface area (Å²) in [4.78, 5) is 9.57. The number of pyridine rings is 2. The van der Waals surface area contributed by atoms with E-state index in [1.807, 2.05) is 31.2 Å². The van der Waals surface area contributed by atoms with E-state index in [9.17, 15) is 0 Å². The molecule has 0 atom stereocenters. The molecule has 0 aliphatic carbocycles. The zero-order valence-electron chi connectivity index (χ0n) is 18.6. The molecule has 0 aliphatic rings. The Labute approximate surface area is 195 Å². The lowest BCUT2D eigenvalue weighted by Gasteiger charge is -2.04. The molecule has 3 aromatic carbocycles. The van der Waals surface area contributed by atoms with Crippen molar-refractivity contribution in [1.29, 1.82) is 0 Å². The maximum absolute atomic E-state index is 6.55. The highest BCUT2D eigenvalue weighted by Crippen LogP contribution is 2.38. The van der Waals surface area contributed by atoms with Crippen molar-refractivity contribution in [3.8, 4) is 11.3 Å². The van der Waals surface area contributed by atoms with Crippen LogP contribution in [0.2, 0.25) is 0 Å². The van der Waals surface area contributed by atoms with Crippen LogP contribution in [0.1, 0.15) is 17.0 Å². The topological polar surface area (TPSA) is 52.1 Å². The molecule has 7 aromatic rings. The highest BCUT2D eigenvalue weighted by molar-refractivity contribution is 6.11. The highest BCUT2D eigenvalue weighted by Gasteiger charge is 2.18. The third kappa shape index (κ3) is 2.92. The van der Waals surface area contributed by atoms with Gasteiger partial charge in [-0.05, 0) is 36.8 Å². The number of aryl methyl sites for hydroxylation is 1. The largest absolute Gasteiger partial charge is 0.454 e. The van der Waals surface area contributed by atoms with Gasteiger partial charge in [0.05, 0.1) is 17.6 Å². The van der Waals surface area contributed by atoms with Crippen molar-refractivity contribution in [2.45, 2.75) is 13.3 Å². The zero-order chi connectivity index (χ0) is 22.6. The standard InChI is InChI=1S/C30H20N2O2/c1-18-14-24-21-11-7-12-22(25-16-23-20-10-5-6-13-27(20)33-28(23)17-31-25)29(21)34-30(24)26(32-18)15-19-8-3-2-4-9-19/h2-14,16-17H,15H2,1H3. The predicted octanol–water partition coefficient (Wildman–Crippen LogP) is 7.84. The summed E-state index contributed by atoms with van der Waals surface area (Å²) in [5.74, 6) is 0. The summed E-state index contributed by atoms with van der Waals surface area (Å²) in [5, 5.41) is 4.30. The van der Waals surface area contributed by atoms with Crippen LogP contribution in [0.25, 0.3) is 55.1 Å². The number of nitrogens with zero attached hydrogens (tertiary/aromatic N) is 2. The van der Waals surface area contributed by atoms with Gasteiger partial charge < -0.3 is 8.83 Å². The normalized spacial score (nSPS) is 11.8. The Morgan fingerprint density at radius 2 is 1.50 bits per heavy atom. The van der Waals surface area contributed by atoms with Crippen LogP contribution in [0.3, 0.4) is 0 Å². The van der Waals surface area contributed by atoms with Crippen LogP contribution in [0.5, 0.6) is 0 Å². The van der Waals surface area contributed by atoms with Crippen molar-refractivity contribution in [3.05, 3.63) is 108 Å².